The van der Waals surface area contributed by atoms with Crippen LogP contribution < -0.4 is 5.32 Å². The summed E-state index contributed by atoms with van der Waals surface area (Å²) >= 11 is 3.66. The fourth-order valence-corrected chi connectivity index (χ4v) is 3.14. The standard InChI is InChI=1S/C19H24BrN/c1-3-8-15-9-7-11-17(13-15)19(21-4-2)14-16-10-5-6-12-18(16)20/h5-7,9-13,19,21H,3-4,8,14H2,1-2H3. The van der Waals surface area contributed by atoms with Crippen LogP contribution in [0.4, 0.5) is 0 Å². The summed E-state index contributed by atoms with van der Waals surface area (Å²) < 4.78 is 1.19. The van der Waals surface area contributed by atoms with Crippen LogP contribution in [0.15, 0.2) is 53.0 Å². The first kappa shape index (κ1) is 16.3. The van der Waals surface area contributed by atoms with Crippen molar-refractivity contribution < 1.29 is 0 Å². The molecule has 112 valence electrons. The quantitative estimate of drug-likeness (QED) is 0.718. The first-order chi connectivity index (χ1) is 10.2. The van der Waals surface area contributed by atoms with Crippen molar-refractivity contribution in [2.75, 3.05) is 6.54 Å². The van der Waals surface area contributed by atoms with E-state index in [1.165, 1.54) is 27.6 Å². The van der Waals surface area contributed by atoms with Crippen molar-refractivity contribution >= 4 is 15.9 Å². The van der Waals surface area contributed by atoms with E-state index in [4.69, 9.17) is 0 Å². The van der Waals surface area contributed by atoms with Gasteiger partial charge in [-0.15, -0.1) is 0 Å². The van der Waals surface area contributed by atoms with Crippen molar-refractivity contribution in [2.24, 2.45) is 0 Å². The molecule has 1 unspecified atom stereocenters. The number of hydrogen-bond donors (Lipinski definition) is 1. The van der Waals surface area contributed by atoms with Gasteiger partial charge in [-0.1, -0.05) is 78.7 Å². The lowest BCUT2D eigenvalue weighted by molar-refractivity contribution is 0.548. The van der Waals surface area contributed by atoms with Gasteiger partial charge in [0.1, 0.15) is 0 Å². The van der Waals surface area contributed by atoms with Crippen molar-refractivity contribution in [3.8, 4) is 0 Å². The van der Waals surface area contributed by atoms with E-state index in [2.05, 4.69) is 83.6 Å². The smallest absolute Gasteiger partial charge is 0.0361 e. The molecule has 0 radical (unpaired) electrons. The Hall–Kier alpha value is -1.12. The van der Waals surface area contributed by atoms with E-state index < -0.39 is 0 Å². The van der Waals surface area contributed by atoms with Crippen LogP contribution in [-0.2, 0) is 12.8 Å². The van der Waals surface area contributed by atoms with Crippen LogP contribution in [0.2, 0.25) is 0 Å². The van der Waals surface area contributed by atoms with Crippen LogP contribution in [-0.4, -0.2) is 6.54 Å². The molecule has 0 aliphatic rings. The number of benzene rings is 2. The molecule has 0 aliphatic carbocycles. The fraction of sp³-hybridized carbons (Fsp3) is 0.368. The maximum atomic E-state index is 3.66. The summed E-state index contributed by atoms with van der Waals surface area (Å²) in [5.74, 6) is 0. The number of likely N-dealkylation sites (N-methyl/N-ethyl adjacent to an activating group) is 1. The number of nitrogens with one attached hydrogen (secondary N) is 1. The minimum Gasteiger partial charge on any atom is -0.310 e. The molecule has 0 bridgehead atoms. The minimum absolute atomic E-state index is 0.366. The number of halogens is 1. The monoisotopic (exact) mass is 345 g/mol. The summed E-state index contributed by atoms with van der Waals surface area (Å²) in [4.78, 5) is 0. The summed E-state index contributed by atoms with van der Waals surface area (Å²) in [6, 6.07) is 17.9. The third kappa shape index (κ3) is 4.69. The number of hydrogen-bond acceptors (Lipinski definition) is 1. The highest BCUT2D eigenvalue weighted by molar-refractivity contribution is 9.10. The molecule has 0 aliphatic heterocycles. The molecule has 0 heterocycles. The van der Waals surface area contributed by atoms with E-state index >= 15 is 0 Å². The van der Waals surface area contributed by atoms with Crippen LogP contribution in [0.25, 0.3) is 0 Å². The summed E-state index contributed by atoms with van der Waals surface area (Å²) in [5, 5.41) is 3.62. The molecule has 1 atom stereocenters. The molecule has 2 heteroatoms. The molecule has 2 aromatic carbocycles. The van der Waals surface area contributed by atoms with Crippen LogP contribution in [0.3, 0.4) is 0 Å². The van der Waals surface area contributed by atoms with Gasteiger partial charge in [0.15, 0.2) is 0 Å². The van der Waals surface area contributed by atoms with Gasteiger partial charge >= 0.3 is 0 Å². The van der Waals surface area contributed by atoms with Gasteiger partial charge in [0.25, 0.3) is 0 Å². The van der Waals surface area contributed by atoms with Gasteiger partial charge in [0, 0.05) is 10.5 Å². The molecular formula is C19H24BrN. The van der Waals surface area contributed by atoms with Crippen molar-refractivity contribution in [2.45, 2.75) is 39.2 Å². The van der Waals surface area contributed by atoms with E-state index in [1.807, 2.05) is 0 Å². The van der Waals surface area contributed by atoms with Gasteiger partial charge in [-0.25, -0.2) is 0 Å². The van der Waals surface area contributed by atoms with Crippen LogP contribution in [0, 0.1) is 0 Å². The Labute approximate surface area is 136 Å². The molecule has 2 rings (SSSR count). The average molecular weight is 346 g/mol. The second kappa shape index (κ2) is 8.35. The third-order valence-corrected chi connectivity index (χ3v) is 4.50. The van der Waals surface area contributed by atoms with Gasteiger partial charge in [-0.3, -0.25) is 0 Å². The van der Waals surface area contributed by atoms with E-state index in [9.17, 15) is 0 Å². The summed E-state index contributed by atoms with van der Waals surface area (Å²) in [7, 11) is 0. The lowest BCUT2D eigenvalue weighted by Crippen LogP contribution is -2.23. The zero-order chi connectivity index (χ0) is 15.1. The lowest BCUT2D eigenvalue weighted by atomic mass is 9.96. The van der Waals surface area contributed by atoms with Gasteiger partial charge in [-0.2, -0.15) is 0 Å². The maximum absolute atomic E-state index is 3.66. The van der Waals surface area contributed by atoms with Crippen molar-refractivity contribution in [1.82, 2.24) is 5.32 Å². The van der Waals surface area contributed by atoms with Gasteiger partial charge in [-0.05, 0) is 42.1 Å². The molecule has 0 saturated carbocycles. The summed E-state index contributed by atoms with van der Waals surface area (Å²) in [6.45, 7) is 5.38. The second-order valence-corrected chi connectivity index (χ2v) is 6.26. The zero-order valence-electron chi connectivity index (χ0n) is 12.9. The normalized spacial score (nSPS) is 12.3. The summed E-state index contributed by atoms with van der Waals surface area (Å²) in [6.07, 6.45) is 3.35. The second-order valence-electron chi connectivity index (χ2n) is 5.40. The first-order valence-electron chi connectivity index (χ1n) is 7.80. The lowest BCUT2D eigenvalue weighted by Gasteiger charge is -2.20. The minimum atomic E-state index is 0.366. The average Bonchev–Trinajstić information content (AvgIpc) is 2.49. The Bertz CT molecular complexity index is 565. The molecule has 0 aromatic heterocycles. The molecule has 0 saturated heterocycles. The van der Waals surface area contributed by atoms with Gasteiger partial charge < -0.3 is 5.32 Å². The molecular weight excluding hydrogens is 322 g/mol. The number of rotatable bonds is 7. The van der Waals surface area contributed by atoms with E-state index in [0.29, 0.717) is 6.04 Å². The Kier molecular flexibility index (Phi) is 6.47. The highest BCUT2D eigenvalue weighted by Gasteiger charge is 2.13. The van der Waals surface area contributed by atoms with Crippen molar-refractivity contribution in [1.29, 1.82) is 0 Å². The molecule has 0 amide bonds. The Morgan fingerprint density at radius 2 is 1.86 bits per heavy atom. The largest absolute Gasteiger partial charge is 0.310 e. The molecule has 0 fully saturated rings. The highest BCUT2D eigenvalue weighted by Crippen LogP contribution is 2.24. The zero-order valence-corrected chi connectivity index (χ0v) is 14.5. The topological polar surface area (TPSA) is 12.0 Å². The highest BCUT2D eigenvalue weighted by atomic mass is 79.9. The Morgan fingerprint density at radius 1 is 1.05 bits per heavy atom. The maximum Gasteiger partial charge on any atom is 0.0361 e. The van der Waals surface area contributed by atoms with Crippen LogP contribution in [0.1, 0.15) is 43.0 Å². The Balaban J connectivity index is 2.22. The fourth-order valence-electron chi connectivity index (χ4n) is 2.69. The predicted octanol–water partition coefficient (Wildman–Crippen LogP) is 5.29. The SMILES string of the molecule is CCCc1cccc(C(Cc2ccccc2Br)NCC)c1. The molecule has 21 heavy (non-hydrogen) atoms. The molecule has 1 N–H and O–H groups in total. The molecule has 0 spiro atoms. The Morgan fingerprint density at radius 3 is 2.57 bits per heavy atom. The molecule has 2 aromatic rings. The van der Waals surface area contributed by atoms with Crippen LogP contribution >= 0.6 is 15.9 Å². The predicted molar refractivity (Wildman–Crippen MR) is 94.7 cm³/mol. The van der Waals surface area contributed by atoms with E-state index in [1.54, 1.807) is 0 Å². The van der Waals surface area contributed by atoms with Crippen molar-refractivity contribution in [3.05, 3.63) is 69.7 Å². The van der Waals surface area contributed by atoms with E-state index in [0.717, 1.165) is 19.4 Å². The molecule has 1 nitrogen and oxygen atoms in total. The van der Waals surface area contributed by atoms with Crippen molar-refractivity contribution in [3.63, 3.8) is 0 Å². The van der Waals surface area contributed by atoms with E-state index in [-0.39, 0.29) is 0 Å². The third-order valence-electron chi connectivity index (χ3n) is 3.72. The number of aryl methyl sites for hydroxylation is 1. The van der Waals surface area contributed by atoms with Crippen LogP contribution in [0.5, 0.6) is 0 Å². The summed E-state index contributed by atoms with van der Waals surface area (Å²) in [5.41, 5.74) is 4.17. The van der Waals surface area contributed by atoms with Gasteiger partial charge in [0.05, 0.1) is 0 Å². The van der Waals surface area contributed by atoms with Gasteiger partial charge in [0.2, 0.25) is 0 Å². The first-order valence-corrected chi connectivity index (χ1v) is 8.59.